The summed E-state index contributed by atoms with van der Waals surface area (Å²) in [5.74, 6) is 5.65. The van der Waals surface area contributed by atoms with Gasteiger partial charge in [-0.1, -0.05) is 83.6 Å². The number of rotatable bonds is 23. The number of aromatic nitrogens is 3. The van der Waals surface area contributed by atoms with E-state index in [1.165, 1.54) is 93.0 Å². The maximum atomic E-state index is 14.3. The van der Waals surface area contributed by atoms with Crippen LogP contribution in [0.2, 0.25) is 0 Å². The van der Waals surface area contributed by atoms with Crippen molar-refractivity contribution < 1.29 is 42.2 Å². The Hall–Kier alpha value is -3.94. The van der Waals surface area contributed by atoms with Crippen LogP contribution in [-0.4, -0.2) is 63.1 Å². The van der Waals surface area contributed by atoms with Crippen molar-refractivity contribution in [3.63, 3.8) is 0 Å². The molecule has 0 amide bonds. The Labute approximate surface area is 322 Å². The van der Waals surface area contributed by atoms with Crippen LogP contribution < -0.4 is 5.73 Å². The van der Waals surface area contributed by atoms with Crippen molar-refractivity contribution in [2.75, 3.05) is 19.5 Å². The van der Waals surface area contributed by atoms with E-state index in [0.29, 0.717) is 17.5 Å². The monoisotopic (exact) mass is 782 g/mol. The number of benzene rings is 1. The van der Waals surface area contributed by atoms with Crippen LogP contribution in [0.1, 0.15) is 114 Å². The van der Waals surface area contributed by atoms with Gasteiger partial charge < -0.3 is 25.4 Å². The highest BCUT2D eigenvalue weighted by Gasteiger charge is 2.59. The molecule has 1 aromatic carbocycles. The summed E-state index contributed by atoms with van der Waals surface area (Å²) in [7, 11) is -3.48. The maximum Gasteiger partial charge on any atom is 0.477 e. The highest BCUT2D eigenvalue weighted by Crippen LogP contribution is 2.53. The van der Waals surface area contributed by atoms with E-state index in [-0.39, 0.29) is 36.7 Å². The number of nitrogens with two attached hydrogens (primary N) is 1. The Morgan fingerprint density at radius 2 is 1.73 bits per heavy atom. The molecular formula is C39H52FN6O8P. The lowest BCUT2D eigenvalue weighted by Gasteiger charge is -2.25. The van der Waals surface area contributed by atoms with Crippen molar-refractivity contribution in [2.24, 2.45) is 0 Å². The lowest BCUT2D eigenvalue weighted by Crippen LogP contribution is -2.40. The number of ether oxygens (including phenoxy) is 2. The first-order valence-corrected chi connectivity index (χ1v) is 20.4. The number of hydrogen-bond donors (Lipinski definition) is 3. The summed E-state index contributed by atoms with van der Waals surface area (Å²) in [5, 5.41) is 45.3. The van der Waals surface area contributed by atoms with E-state index in [0.717, 1.165) is 26.3 Å². The summed E-state index contributed by atoms with van der Waals surface area (Å²) in [4.78, 5) is 3.91. The van der Waals surface area contributed by atoms with Crippen molar-refractivity contribution in [2.45, 2.75) is 134 Å². The minimum atomic E-state index is -4.54. The van der Waals surface area contributed by atoms with Gasteiger partial charge >= 0.3 is 7.82 Å². The van der Waals surface area contributed by atoms with Crippen molar-refractivity contribution in [1.29, 1.82) is 10.5 Å². The zero-order valence-corrected chi connectivity index (χ0v) is 32.5. The van der Waals surface area contributed by atoms with Gasteiger partial charge in [0, 0.05) is 20.0 Å². The van der Waals surface area contributed by atoms with Crippen LogP contribution in [0, 0.1) is 40.3 Å². The van der Waals surface area contributed by atoms with Gasteiger partial charge in [0.2, 0.25) is 5.60 Å². The predicted octanol–water partition coefficient (Wildman–Crippen LogP) is 6.98. The number of aliphatic hydroxyl groups is 2. The highest BCUT2D eigenvalue weighted by atomic mass is 31.2. The van der Waals surface area contributed by atoms with Gasteiger partial charge in [-0.3, -0.25) is 13.6 Å². The molecule has 2 aromatic heterocycles. The van der Waals surface area contributed by atoms with Crippen molar-refractivity contribution in [1.82, 2.24) is 14.6 Å². The molecule has 0 spiro atoms. The topological polar surface area (TPSA) is 207 Å². The molecule has 1 aliphatic rings. The zero-order chi connectivity index (χ0) is 39.7. The van der Waals surface area contributed by atoms with E-state index in [1.807, 2.05) is 6.07 Å². The molecule has 55 heavy (non-hydrogen) atoms. The van der Waals surface area contributed by atoms with Gasteiger partial charge in [0.25, 0.3) is 0 Å². The Morgan fingerprint density at radius 3 is 2.36 bits per heavy atom. The van der Waals surface area contributed by atoms with Crippen LogP contribution in [0.25, 0.3) is 5.52 Å². The number of nitrogen functional groups attached to an aromatic ring is 1. The van der Waals surface area contributed by atoms with Gasteiger partial charge in [0.1, 0.15) is 42.0 Å². The Balaban J connectivity index is 1.34. The quantitative estimate of drug-likeness (QED) is 0.0505. The summed E-state index contributed by atoms with van der Waals surface area (Å²) in [6, 6.07) is 10.7. The molecule has 14 nitrogen and oxygen atoms in total. The van der Waals surface area contributed by atoms with Gasteiger partial charge in [-0.25, -0.2) is 18.5 Å². The van der Waals surface area contributed by atoms with E-state index in [1.54, 1.807) is 12.1 Å². The molecule has 1 unspecified atom stereocenters. The zero-order valence-electron chi connectivity index (χ0n) is 31.6. The van der Waals surface area contributed by atoms with E-state index < -0.39 is 43.8 Å². The number of phosphoric ester groups is 1. The second-order valence-corrected chi connectivity index (χ2v) is 15.2. The van der Waals surface area contributed by atoms with Crippen LogP contribution in [0.15, 0.2) is 36.7 Å². The van der Waals surface area contributed by atoms with Gasteiger partial charge in [-0.05, 0) is 36.2 Å². The number of anilines is 1. The average molecular weight is 783 g/mol. The van der Waals surface area contributed by atoms with Crippen LogP contribution >= 0.6 is 7.82 Å². The first-order valence-electron chi connectivity index (χ1n) is 18.9. The molecule has 0 radical (unpaired) electrons. The normalized spacial score (nSPS) is 21.0. The maximum absolute atomic E-state index is 14.3. The third-order valence-electron chi connectivity index (χ3n) is 9.47. The van der Waals surface area contributed by atoms with E-state index >= 15 is 0 Å². The third kappa shape index (κ3) is 12.0. The molecule has 4 rings (SSSR count). The Bertz CT molecular complexity index is 1870. The second-order valence-electron chi connectivity index (χ2n) is 13.5. The molecule has 1 fully saturated rings. The van der Waals surface area contributed by atoms with E-state index in [4.69, 9.17) is 34.0 Å². The number of fused-ring (bicyclic) bond motifs is 1. The average Bonchev–Trinajstić information content (AvgIpc) is 3.73. The minimum absolute atomic E-state index is 0.0136. The van der Waals surface area contributed by atoms with Gasteiger partial charge in [-0.15, -0.1) is 11.8 Å². The van der Waals surface area contributed by atoms with Crippen molar-refractivity contribution in [3.8, 4) is 24.0 Å². The fourth-order valence-corrected chi connectivity index (χ4v) is 7.29. The summed E-state index contributed by atoms with van der Waals surface area (Å²) >= 11 is 0. The fraction of sp³-hybridized carbons (Fsp3) is 0.590. The molecule has 6 atom stereocenters. The predicted molar refractivity (Wildman–Crippen MR) is 201 cm³/mol. The first-order chi connectivity index (χ1) is 26.6. The van der Waals surface area contributed by atoms with Gasteiger partial charge in [0.15, 0.2) is 12.1 Å². The lowest BCUT2D eigenvalue weighted by molar-refractivity contribution is -0.145. The summed E-state index contributed by atoms with van der Waals surface area (Å²) in [6.07, 6.45) is 10.5. The van der Waals surface area contributed by atoms with Crippen LogP contribution in [-0.2, 0) is 39.8 Å². The number of nitrogens with zero attached hydrogens (tertiary/aromatic N) is 5. The number of phosphoric acid groups is 1. The molecule has 4 N–H and O–H groups in total. The molecule has 0 aliphatic carbocycles. The van der Waals surface area contributed by atoms with Crippen LogP contribution in [0.5, 0.6) is 0 Å². The van der Waals surface area contributed by atoms with E-state index in [2.05, 4.69) is 28.8 Å². The lowest BCUT2D eigenvalue weighted by atomic mass is 9.93. The van der Waals surface area contributed by atoms with Crippen LogP contribution in [0.4, 0.5) is 10.2 Å². The summed E-state index contributed by atoms with van der Waals surface area (Å²) < 4.78 is 57.1. The van der Waals surface area contributed by atoms with Crippen LogP contribution in [0.3, 0.4) is 0 Å². The molecule has 3 aromatic rings. The molecule has 1 aliphatic heterocycles. The first kappa shape index (κ1) is 43.8. The number of hydrogen-bond acceptors (Lipinski definition) is 13. The smallest absolute Gasteiger partial charge is 0.386 e. The molecule has 0 saturated carbocycles. The highest BCUT2D eigenvalue weighted by molar-refractivity contribution is 7.48. The Kier molecular flexibility index (Phi) is 17.5. The molecule has 298 valence electrons. The Morgan fingerprint density at radius 1 is 1.04 bits per heavy atom. The number of unbranched alkanes of at least 4 members (excludes halogenated alkanes) is 12. The van der Waals surface area contributed by atoms with E-state index in [9.17, 15) is 24.4 Å². The molecular weight excluding hydrogens is 730 g/mol. The third-order valence-corrected chi connectivity index (χ3v) is 10.9. The molecule has 0 bridgehead atoms. The second kappa shape index (κ2) is 22.0. The largest absolute Gasteiger partial charge is 0.477 e. The minimum Gasteiger partial charge on any atom is -0.386 e. The molecule has 1 saturated heterocycles. The van der Waals surface area contributed by atoms with Gasteiger partial charge in [0.05, 0.1) is 30.6 Å². The number of nitriles is 2. The van der Waals surface area contributed by atoms with Crippen molar-refractivity contribution in [3.05, 3.63) is 59.3 Å². The molecule has 16 heteroatoms. The number of aliphatic hydroxyl groups excluding tert-OH is 2. The fourth-order valence-electron chi connectivity index (χ4n) is 6.27. The SMILES string of the molecule is CCCCCCCCCCCCCCC#CC[C@H](COP(=O)(OC)O[C@H]1O[C@@](C#N)(c2ccc3c(N)ncnn23)[C@H](O)[C@@H]1O)OCc1ccc(C#N)c(F)c1. The molecule has 3 heterocycles. The van der Waals surface area contributed by atoms with Crippen molar-refractivity contribution >= 4 is 19.2 Å². The standard InChI is InChI=1S/C39H52FN6O8P/c1-3-4-5-6-7-8-9-10-11-12-13-14-15-16-17-18-31(51-25-29-19-20-30(24-41)32(40)23-29)26-52-55(49,50-2)54-38-35(47)36(48)39(27-42,53-38)34-22-21-33-37(43)44-28-45-46(33)34/h19-23,28,31,35-36,38,47-48H,3-15,18,25-26H2,1-2H3,(H2,43,44,45)/t31-,35+,36-,38-,39+,55?/m1/s1. The summed E-state index contributed by atoms with van der Waals surface area (Å²) in [5.41, 5.74) is 4.38. The van der Waals surface area contributed by atoms with Gasteiger partial charge in [-0.2, -0.15) is 15.6 Å². The summed E-state index contributed by atoms with van der Waals surface area (Å²) in [6.45, 7) is 1.79. The number of halogens is 1.